The molecular formula is C15H20ClNO. The molecule has 2 rings (SSSR count). The molecular weight excluding hydrogens is 246 g/mol. The van der Waals surface area contributed by atoms with E-state index in [0.717, 1.165) is 5.56 Å². The van der Waals surface area contributed by atoms with Gasteiger partial charge in [-0.2, -0.15) is 0 Å². The normalized spacial score (nSPS) is 17.6. The van der Waals surface area contributed by atoms with Crippen LogP contribution in [0.15, 0.2) is 30.3 Å². The van der Waals surface area contributed by atoms with E-state index in [1.165, 1.54) is 25.7 Å². The molecule has 0 saturated heterocycles. The van der Waals surface area contributed by atoms with Gasteiger partial charge in [0.1, 0.15) is 0 Å². The summed E-state index contributed by atoms with van der Waals surface area (Å²) in [6.45, 7) is 0.511. The van der Waals surface area contributed by atoms with Crippen molar-refractivity contribution in [1.29, 1.82) is 0 Å². The standard InChI is InChI=1S/C15H20ClNO/c16-14(13-8-2-1-3-9-13)11-17-15(18)10-12-6-4-5-7-12/h1-3,8-9,12,14H,4-7,10-11H2,(H,17,18). The highest BCUT2D eigenvalue weighted by atomic mass is 35.5. The third-order valence-corrected chi connectivity index (χ3v) is 3.99. The Morgan fingerprint density at radius 2 is 1.94 bits per heavy atom. The maximum absolute atomic E-state index is 11.8. The minimum absolute atomic E-state index is 0.140. The van der Waals surface area contributed by atoms with E-state index in [4.69, 9.17) is 11.6 Å². The number of carbonyl (C=O) groups excluding carboxylic acids is 1. The second-order valence-corrected chi connectivity index (χ2v) is 5.56. The van der Waals surface area contributed by atoms with Crippen LogP contribution < -0.4 is 5.32 Å². The molecule has 1 aliphatic carbocycles. The lowest BCUT2D eigenvalue weighted by molar-refractivity contribution is -0.121. The molecule has 98 valence electrons. The molecule has 1 aliphatic rings. The largest absolute Gasteiger partial charge is 0.354 e. The minimum atomic E-state index is -0.140. The fraction of sp³-hybridized carbons (Fsp3) is 0.533. The highest BCUT2D eigenvalue weighted by Gasteiger charge is 2.18. The predicted octanol–water partition coefficient (Wildman–Crippen LogP) is 3.66. The second-order valence-electron chi connectivity index (χ2n) is 5.04. The van der Waals surface area contributed by atoms with Gasteiger partial charge in [-0.25, -0.2) is 0 Å². The lowest BCUT2D eigenvalue weighted by atomic mass is 10.0. The number of hydrogen-bond donors (Lipinski definition) is 1. The number of benzene rings is 1. The van der Waals surface area contributed by atoms with Crippen molar-refractivity contribution < 1.29 is 4.79 Å². The van der Waals surface area contributed by atoms with Crippen molar-refractivity contribution in [3.8, 4) is 0 Å². The molecule has 1 aromatic rings. The van der Waals surface area contributed by atoms with Gasteiger partial charge >= 0.3 is 0 Å². The van der Waals surface area contributed by atoms with Gasteiger partial charge in [0, 0.05) is 13.0 Å². The molecule has 2 nitrogen and oxygen atoms in total. The van der Waals surface area contributed by atoms with Gasteiger partial charge in [0.25, 0.3) is 0 Å². The highest BCUT2D eigenvalue weighted by Crippen LogP contribution is 2.27. The van der Waals surface area contributed by atoms with Crippen LogP contribution in [0.1, 0.15) is 43.0 Å². The molecule has 0 bridgehead atoms. The Morgan fingerprint density at radius 1 is 1.28 bits per heavy atom. The summed E-state index contributed by atoms with van der Waals surface area (Å²) in [5, 5.41) is 2.80. The molecule has 1 amide bonds. The Morgan fingerprint density at radius 3 is 2.61 bits per heavy atom. The van der Waals surface area contributed by atoms with Gasteiger partial charge in [0.15, 0.2) is 0 Å². The second kappa shape index (κ2) is 6.79. The van der Waals surface area contributed by atoms with Gasteiger partial charge in [-0.1, -0.05) is 43.2 Å². The molecule has 1 fully saturated rings. The summed E-state index contributed by atoms with van der Waals surface area (Å²) >= 11 is 6.25. The van der Waals surface area contributed by atoms with E-state index in [-0.39, 0.29) is 11.3 Å². The smallest absolute Gasteiger partial charge is 0.220 e. The van der Waals surface area contributed by atoms with Crippen molar-refractivity contribution in [2.45, 2.75) is 37.5 Å². The van der Waals surface area contributed by atoms with Crippen LogP contribution in [0.2, 0.25) is 0 Å². The summed E-state index contributed by atoms with van der Waals surface area (Å²) in [6, 6.07) is 9.86. The Hall–Kier alpha value is -1.02. The first kappa shape index (κ1) is 13.4. The number of alkyl halides is 1. The fourth-order valence-corrected chi connectivity index (χ4v) is 2.75. The number of rotatable bonds is 5. The molecule has 1 saturated carbocycles. The summed E-state index contributed by atoms with van der Waals surface area (Å²) in [7, 11) is 0. The number of nitrogens with one attached hydrogen (secondary N) is 1. The van der Waals surface area contributed by atoms with Crippen LogP contribution in [0, 0.1) is 5.92 Å². The molecule has 0 spiro atoms. The molecule has 0 aliphatic heterocycles. The number of carbonyl (C=O) groups is 1. The van der Waals surface area contributed by atoms with E-state index in [2.05, 4.69) is 5.32 Å². The topological polar surface area (TPSA) is 29.1 Å². The van der Waals surface area contributed by atoms with Gasteiger partial charge in [-0.3, -0.25) is 4.79 Å². The van der Waals surface area contributed by atoms with E-state index in [1.807, 2.05) is 30.3 Å². The lowest BCUT2D eigenvalue weighted by Crippen LogP contribution is -2.28. The Labute approximate surface area is 114 Å². The lowest BCUT2D eigenvalue weighted by Gasteiger charge is -2.13. The third kappa shape index (κ3) is 4.02. The molecule has 1 unspecified atom stereocenters. The van der Waals surface area contributed by atoms with Crippen molar-refractivity contribution >= 4 is 17.5 Å². The van der Waals surface area contributed by atoms with Gasteiger partial charge in [0.2, 0.25) is 5.91 Å². The Bertz CT molecular complexity index is 373. The number of hydrogen-bond acceptors (Lipinski definition) is 1. The van der Waals surface area contributed by atoms with Gasteiger partial charge in [-0.15, -0.1) is 11.6 Å². The number of amides is 1. The summed E-state index contributed by atoms with van der Waals surface area (Å²) in [5.41, 5.74) is 1.06. The van der Waals surface area contributed by atoms with E-state index < -0.39 is 0 Å². The summed E-state index contributed by atoms with van der Waals surface area (Å²) < 4.78 is 0. The third-order valence-electron chi connectivity index (χ3n) is 3.59. The van der Waals surface area contributed by atoms with Crippen LogP contribution in [0.25, 0.3) is 0 Å². The van der Waals surface area contributed by atoms with E-state index >= 15 is 0 Å². The number of halogens is 1. The van der Waals surface area contributed by atoms with Crippen molar-refractivity contribution in [3.63, 3.8) is 0 Å². The van der Waals surface area contributed by atoms with Crippen molar-refractivity contribution in [1.82, 2.24) is 5.32 Å². The van der Waals surface area contributed by atoms with E-state index in [1.54, 1.807) is 0 Å². The van der Waals surface area contributed by atoms with Crippen LogP contribution in [-0.4, -0.2) is 12.5 Å². The van der Waals surface area contributed by atoms with Crippen molar-refractivity contribution in [2.24, 2.45) is 5.92 Å². The summed E-state index contributed by atoms with van der Waals surface area (Å²) in [6.07, 6.45) is 5.63. The fourth-order valence-electron chi connectivity index (χ4n) is 2.53. The van der Waals surface area contributed by atoms with Crippen molar-refractivity contribution in [2.75, 3.05) is 6.54 Å². The Balaban J connectivity index is 1.72. The van der Waals surface area contributed by atoms with Gasteiger partial charge in [-0.05, 0) is 24.3 Å². The predicted molar refractivity (Wildman–Crippen MR) is 74.6 cm³/mol. The zero-order valence-electron chi connectivity index (χ0n) is 10.6. The zero-order chi connectivity index (χ0) is 12.8. The van der Waals surface area contributed by atoms with E-state index in [9.17, 15) is 4.79 Å². The first-order valence-electron chi connectivity index (χ1n) is 6.71. The van der Waals surface area contributed by atoms with E-state index in [0.29, 0.717) is 18.9 Å². The molecule has 18 heavy (non-hydrogen) atoms. The maximum atomic E-state index is 11.8. The first-order chi connectivity index (χ1) is 8.75. The molecule has 0 radical (unpaired) electrons. The monoisotopic (exact) mass is 265 g/mol. The average Bonchev–Trinajstić information content (AvgIpc) is 2.90. The first-order valence-corrected chi connectivity index (χ1v) is 7.15. The van der Waals surface area contributed by atoms with Crippen LogP contribution >= 0.6 is 11.6 Å². The molecule has 0 heterocycles. The van der Waals surface area contributed by atoms with Crippen LogP contribution in [-0.2, 0) is 4.79 Å². The Kier molecular flexibility index (Phi) is 5.06. The van der Waals surface area contributed by atoms with Gasteiger partial charge in [0.05, 0.1) is 5.38 Å². The molecule has 1 atom stereocenters. The molecule has 1 N–H and O–H groups in total. The molecule has 1 aromatic carbocycles. The maximum Gasteiger partial charge on any atom is 0.220 e. The van der Waals surface area contributed by atoms with Crippen LogP contribution in [0.3, 0.4) is 0 Å². The molecule has 3 heteroatoms. The van der Waals surface area contributed by atoms with Crippen LogP contribution in [0.5, 0.6) is 0 Å². The van der Waals surface area contributed by atoms with Gasteiger partial charge < -0.3 is 5.32 Å². The summed E-state index contributed by atoms with van der Waals surface area (Å²) in [4.78, 5) is 11.8. The molecule has 0 aromatic heterocycles. The average molecular weight is 266 g/mol. The quantitative estimate of drug-likeness (QED) is 0.809. The van der Waals surface area contributed by atoms with Crippen LogP contribution in [0.4, 0.5) is 0 Å². The minimum Gasteiger partial charge on any atom is -0.354 e. The van der Waals surface area contributed by atoms with Crippen molar-refractivity contribution in [3.05, 3.63) is 35.9 Å². The highest BCUT2D eigenvalue weighted by molar-refractivity contribution is 6.21. The summed E-state index contributed by atoms with van der Waals surface area (Å²) in [5.74, 6) is 0.735. The SMILES string of the molecule is O=C(CC1CCCC1)NCC(Cl)c1ccccc1. The zero-order valence-corrected chi connectivity index (χ0v) is 11.3.